The Morgan fingerprint density at radius 1 is 1.03 bits per heavy atom. The molecule has 156 valence electrons. The smallest absolute Gasteiger partial charge is 0.417 e. The first-order chi connectivity index (χ1) is 14.8. The number of nitrogens with zero attached hydrogens (tertiary/aromatic N) is 1. The molecule has 0 aliphatic heterocycles. The minimum absolute atomic E-state index is 0.0840. The van der Waals surface area contributed by atoms with Gasteiger partial charge in [-0.05, 0) is 18.2 Å². The molecule has 31 heavy (non-hydrogen) atoms. The molecule has 0 fully saturated rings. The van der Waals surface area contributed by atoms with Gasteiger partial charge in [0.1, 0.15) is 5.69 Å². The van der Waals surface area contributed by atoms with Crippen LogP contribution in [0.5, 0.6) is 0 Å². The van der Waals surface area contributed by atoms with Crippen LogP contribution in [-0.4, -0.2) is 15.9 Å². The normalized spacial score (nSPS) is 11.3. The van der Waals surface area contributed by atoms with E-state index in [4.69, 9.17) is 4.42 Å². The lowest BCUT2D eigenvalue weighted by molar-refractivity contribution is -0.137. The number of carbonyl (C=O) groups is 1. The van der Waals surface area contributed by atoms with Crippen molar-refractivity contribution in [3.8, 4) is 22.8 Å². The van der Waals surface area contributed by atoms with Crippen molar-refractivity contribution in [2.75, 3.05) is 5.32 Å². The van der Waals surface area contributed by atoms with E-state index in [-0.39, 0.29) is 11.5 Å². The van der Waals surface area contributed by atoms with Gasteiger partial charge in [-0.1, -0.05) is 42.5 Å². The highest BCUT2D eigenvalue weighted by atomic mass is 19.4. The van der Waals surface area contributed by atoms with Crippen LogP contribution < -0.4 is 10.9 Å². The van der Waals surface area contributed by atoms with Gasteiger partial charge in [0.2, 0.25) is 5.89 Å². The van der Waals surface area contributed by atoms with E-state index in [1.807, 2.05) is 35.3 Å². The lowest BCUT2D eigenvalue weighted by Crippen LogP contribution is -2.22. The predicted molar refractivity (Wildman–Crippen MR) is 107 cm³/mol. The molecular weight excluding hydrogens is 411 g/mol. The lowest BCUT2D eigenvalue weighted by atomic mass is 10.1. The molecule has 2 heterocycles. The number of benzene rings is 2. The Kier molecular flexibility index (Phi) is 5.16. The number of H-pyrrole nitrogens is 1. The standard InChI is InChI=1S/C22H14F3N3O3/c23-22(24,25)14-10-17(20(30)26-11-14)28-19(29)15-8-4-5-9-16(15)21-27-12-18(31-21)13-6-2-1-3-7-13/h1-12H,(H,26,30)(H,28,29). The third-order valence-electron chi connectivity index (χ3n) is 4.44. The Balaban J connectivity index is 1.66. The van der Waals surface area contributed by atoms with E-state index in [9.17, 15) is 22.8 Å². The Morgan fingerprint density at radius 2 is 1.74 bits per heavy atom. The Morgan fingerprint density at radius 3 is 2.48 bits per heavy atom. The maximum atomic E-state index is 12.9. The van der Waals surface area contributed by atoms with Crippen LogP contribution in [0.1, 0.15) is 15.9 Å². The zero-order valence-corrected chi connectivity index (χ0v) is 15.7. The molecule has 0 aliphatic rings. The molecule has 2 N–H and O–H groups in total. The number of carbonyl (C=O) groups excluding carboxylic acids is 1. The van der Waals surface area contributed by atoms with E-state index in [1.54, 1.807) is 18.2 Å². The van der Waals surface area contributed by atoms with Gasteiger partial charge >= 0.3 is 6.18 Å². The summed E-state index contributed by atoms with van der Waals surface area (Å²) in [5, 5.41) is 2.24. The first-order valence-electron chi connectivity index (χ1n) is 9.05. The van der Waals surface area contributed by atoms with Crippen LogP contribution >= 0.6 is 0 Å². The van der Waals surface area contributed by atoms with Crippen molar-refractivity contribution in [2.45, 2.75) is 6.18 Å². The molecule has 4 aromatic rings. The molecule has 0 unspecified atom stereocenters. The van der Waals surface area contributed by atoms with Crippen LogP contribution in [0.2, 0.25) is 0 Å². The highest BCUT2D eigenvalue weighted by molar-refractivity contribution is 6.08. The number of oxazole rings is 1. The first-order valence-corrected chi connectivity index (χ1v) is 9.05. The Hall–Kier alpha value is -4.14. The van der Waals surface area contributed by atoms with Crippen LogP contribution in [0.15, 0.2) is 82.3 Å². The number of aromatic amines is 1. The molecular formula is C22H14F3N3O3. The Bertz CT molecular complexity index is 1290. The van der Waals surface area contributed by atoms with Gasteiger partial charge in [-0.2, -0.15) is 13.2 Å². The van der Waals surface area contributed by atoms with Crippen LogP contribution in [0.4, 0.5) is 18.9 Å². The van der Waals surface area contributed by atoms with Gasteiger partial charge in [0.05, 0.1) is 17.3 Å². The number of alkyl halides is 3. The SMILES string of the molecule is O=C(Nc1cc(C(F)(F)F)c[nH]c1=O)c1ccccc1-c1ncc(-c2ccccc2)o1. The minimum atomic E-state index is -4.67. The lowest BCUT2D eigenvalue weighted by Gasteiger charge is -2.10. The molecule has 0 radical (unpaired) electrons. The molecule has 4 rings (SSSR count). The summed E-state index contributed by atoms with van der Waals surface area (Å²) in [6.45, 7) is 0. The summed E-state index contributed by atoms with van der Waals surface area (Å²) < 4.78 is 44.6. The molecule has 0 saturated heterocycles. The van der Waals surface area contributed by atoms with Crippen LogP contribution in [0.3, 0.4) is 0 Å². The third-order valence-corrected chi connectivity index (χ3v) is 4.44. The molecule has 6 nitrogen and oxygen atoms in total. The summed E-state index contributed by atoms with van der Waals surface area (Å²) in [5.74, 6) is -0.137. The number of amides is 1. The first kappa shape index (κ1) is 20.1. The van der Waals surface area contributed by atoms with E-state index >= 15 is 0 Å². The second-order valence-electron chi connectivity index (χ2n) is 6.52. The van der Waals surface area contributed by atoms with E-state index in [1.165, 1.54) is 12.3 Å². The van der Waals surface area contributed by atoms with Gasteiger partial charge in [0, 0.05) is 17.3 Å². The second kappa shape index (κ2) is 7.94. The average molecular weight is 425 g/mol. The summed E-state index contributed by atoms with van der Waals surface area (Å²) in [5.41, 5.74) is -1.27. The number of anilines is 1. The molecule has 0 bridgehead atoms. The van der Waals surface area contributed by atoms with Crippen molar-refractivity contribution in [1.82, 2.24) is 9.97 Å². The maximum Gasteiger partial charge on any atom is 0.417 e. The van der Waals surface area contributed by atoms with E-state index in [0.29, 0.717) is 23.6 Å². The number of hydrogen-bond donors (Lipinski definition) is 2. The van der Waals surface area contributed by atoms with E-state index < -0.39 is 28.9 Å². The van der Waals surface area contributed by atoms with Crippen LogP contribution in [0.25, 0.3) is 22.8 Å². The summed E-state index contributed by atoms with van der Waals surface area (Å²) in [6, 6.07) is 16.1. The number of pyridine rings is 1. The van der Waals surface area contributed by atoms with Crippen molar-refractivity contribution in [1.29, 1.82) is 0 Å². The highest BCUT2D eigenvalue weighted by Crippen LogP contribution is 2.30. The molecule has 1 amide bonds. The van der Waals surface area contributed by atoms with Gasteiger partial charge in [-0.15, -0.1) is 0 Å². The topological polar surface area (TPSA) is 88.0 Å². The summed E-state index contributed by atoms with van der Waals surface area (Å²) in [7, 11) is 0. The minimum Gasteiger partial charge on any atom is -0.436 e. The highest BCUT2D eigenvalue weighted by Gasteiger charge is 2.31. The zero-order chi connectivity index (χ0) is 22.0. The van der Waals surface area contributed by atoms with Gasteiger partial charge in [0.25, 0.3) is 11.5 Å². The molecule has 2 aromatic carbocycles. The monoisotopic (exact) mass is 425 g/mol. The fraction of sp³-hybridized carbons (Fsp3) is 0.0455. The largest absolute Gasteiger partial charge is 0.436 e. The molecule has 0 saturated carbocycles. The quantitative estimate of drug-likeness (QED) is 0.483. The fourth-order valence-electron chi connectivity index (χ4n) is 2.93. The van der Waals surface area contributed by atoms with Crippen molar-refractivity contribution in [2.24, 2.45) is 0 Å². The van der Waals surface area contributed by atoms with Crippen LogP contribution in [0, 0.1) is 0 Å². The van der Waals surface area contributed by atoms with Gasteiger partial charge in [0.15, 0.2) is 5.76 Å². The fourth-order valence-corrected chi connectivity index (χ4v) is 2.93. The second-order valence-corrected chi connectivity index (χ2v) is 6.52. The predicted octanol–water partition coefficient (Wildman–Crippen LogP) is 4.97. The average Bonchev–Trinajstić information content (AvgIpc) is 3.25. The van der Waals surface area contributed by atoms with E-state index in [2.05, 4.69) is 10.3 Å². The number of halogens is 3. The van der Waals surface area contributed by atoms with Crippen LogP contribution in [-0.2, 0) is 6.18 Å². The molecule has 9 heteroatoms. The zero-order valence-electron chi connectivity index (χ0n) is 15.7. The van der Waals surface area contributed by atoms with Crippen molar-refractivity contribution in [3.05, 3.63) is 94.5 Å². The van der Waals surface area contributed by atoms with Gasteiger partial charge in [-0.25, -0.2) is 4.98 Å². The molecule has 2 aromatic heterocycles. The third kappa shape index (κ3) is 4.25. The van der Waals surface area contributed by atoms with Gasteiger partial charge in [-0.3, -0.25) is 9.59 Å². The molecule has 0 aliphatic carbocycles. The number of aromatic nitrogens is 2. The van der Waals surface area contributed by atoms with E-state index in [0.717, 1.165) is 5.56 Å². The maximum absolute atomic E-state index is 12.9. The molecule has 0 atom stereocenters. The molecule has 0 spiro atoms. The summed E-state index contributed by atoms with van der Waals surface area (Å²) in [6.07, 6.45) is -2.62. The van der Waals surface area contributed by atoms with Crippen molar-refractivity contribution in [3.63, 3.8) is 0 Å². The summed E-state index contributed by atoms with van der Waals surface area (Å²) >= 11 is 0. The number of nitrogens with one attached hydrogen (secondary N) is 2. The van der Waals surface area contributed by atoms with Crippen molar-refractivity contribution < 1.29 is 22.4 Å². The van der Waals surface area contributed by atoms with Gasteiger partial charge < -0.3 is 14.7 Å². The summed E-state index contributed by atoms with van der Waals surface area (Å²) in [4.78, 5) is 30.9. The van der Waals surface area contributed by atoms with Crippen molar-refractivity contribution >= 4 is 11.6 Å². The number of hydrogen-bond acceptors (Lipinski definition) is 4. The Labute approximate surface area is 173 Å². The number of rotatable bonds is 4.